The Morgan fingerprint density at radius 3 is 2.52 bits per heavy atom. The number of hydrogen-bond donors (Lipinski definition) is 1. The van der Waals surface area contributed by atoms with Gasteiger partial charge in [-0.15, -0.1) is 0 Å². The minimum absolute atomic E-state index is 0.0251. The molecule has 1 aliphatic heterocycles. The molecule has 1 saturated heterocycles. The lowest BCUT2D eigenvalue weighted by Crippen LogP contribution is -2.51. The second-order valence-electron chi connectivity index (χ2n) is 9.07. The normalized spacial score (nSPS) is 17.1. The quantitative estimate of drug-likeness (QED) is 0.695. The Hall–Kier alpha value is -3.09. The van der Waals surface area contributed by atoms with Crippen molar-refractivity contribution in [3.8, 4) is 11.5 Å². The highest BCUT2D eigenvalue weighted by Gasteiger charge is 2.25. The van der Waals surface area contributed by atoms with Crippen LogP contribution < -0.4 is 4.74 Å². The average molecular weight is 452 g/mol. The molecule has 1 aliphatic carbocycles. The van der Waals surface area contributed by atoms with Crippen LogP contribution in [0.1, 0.15) is 54.4 Å². The zero-order valence-corrected chi connectivity index (χ0v) is 19.1. The Kier molecular flexibility index (Phi) is 7.81. The molecule has 2 aromatic rings. The van der Waals surface area contributed by atoms with Crippen molar-refractivity contribution in [2.45, 2.75) is 44.9 Å². The summed E-state index contributed by atoms with van der Waals surface area (Å²) in [4.78, 5) is 33.1. The molecule has 0 spiro atoms. The number of piperazine rings is 1. The molecular weight excluding hydrogens is 418 g/mol. The molecule has 2 aliphatic rings. The van der Waals surface area contributed by atoms with Gasteiger partial charge in [0.15, 0.2) is 0 Å². The molecule has 1 N–H and O–H groups in total. The molecule has 1 aromatic carbocycles. The first-order valence-corrected chi connectivity index (χ1v) is 12.0. The second-order valence-corrected chi connectivity index (χ2v) is 9.07. The van der Waals surface area contributed by atoms with E-state index in [2.05, 4.69) is 4.98 Å². The van der Waals surface area contributed by atoms with Gasteiger partial charge >= 0.3 is 0 Å². The van der Waals surface area contributed by atoms with E-state index in [1.165, 1.54) is 38.3 Å². The summed E-state index contributed by atoms with van der Waals surface area (Å²) in [6, 6.07) is 8.98. The van der Waals surface area contributed by atoms with Gasteiger partial charge in [-0.25, -0.2) is 0 Å². The van der Waals surface area contributed by atoms with Crippen molar-refractivity contribution in [3.63, 3.8) is 0 Å². The van der Waals surface area contributed by atoms with Crippen LogP contribution in [0.25, 0.3) is 0 Å². The third-order valence-corrected chi connectivity index (χ3v) is 6.66. The maximum absolute atomic E-state index is 13.0. The highest BCUT2D eigenvalue weighted by Crippen LogP contribution is 2.26. The number of pyridine rings is 1. The molecule has 1 saturated carbocycles. The van der Waals surface area contributed by atoms with E-state index in [0.717, 1.165) is 18.1 Å². The number of hydrogen-bond acceptors (Lipinski definition) is 5. The van der Waals surface area contributed by atoms with Gasteiger partial charge in [0.25, 0.3) is 5.91 Å². The van der Waals surface area contributed by atoms with Crippen molar-refractivity contribution in [1.29, 1.82) is 0 Å². The number of benzene rings is 1. The summed E-state index contributed by atoms with van der Waals surface area (Å²) in [5, 5.41) is 9.53. The number of rotatable bonds is 7. The summed E-state index contributed by atoms with van der Waals surface area (Å²) in [6.07, 6.45) is 10.8. The van der Waals surface area contributed by atoms with Crippen molar-refractivity contribution in [1.82, 2.24) is 14.8 Å². The zero-order chi connectivity index (χ0) is 23.0. The summed E-state index contributed by atoms with van der Waals surface area (Å²) < 4.78 is 5.95. The Bertz CT molecular complexity index is 950. The highest BCUT2D eigenvalue weighted by molar-refractivity contribution is 5.94. The van der Waals surface area contributed by atoms with Gasteiger partial charge in [-0.05, 0) is 42.2 Å². The third-order valence-electron chi connectivity index (χ3n) is 6.66. The summed E-state index contributed by atoms with van der Waals surface area (Å²) in [7, 11) is 0. The van der Waals surface area contributed by atoms with Crippen LogP contribution in [-0.2, 0) is 11.2 Å². The van der Waals surface area contributed by atoms with Crippen LogP contribution in [0, 0.1) is 5.92 Å². The Balaban J connectivity index is 1.25. The summed E-state index contributed by atoms with van der Waals surface area (Å²) >= 11 is 0. The van der Waals surface area contributed by atoms with Gasteiger partial charge in [0, 0.05) is 37.9 Å². The molecular formula is C26H33N3O4. The molecule has 2 fully saturated rings. The topological polar surface area (TPSA) is 83.0 Å². The Labute approximate surface area is 195 Å². The predicted molar refractivity (Wildman–Crippen MR) is 125 cm³/mol. The fraction of sp³-hybridized carbons (Fsp3) is 0.500. The standard InChI is InChI=1S/C26H33N3O4/c30-23-15-21(18-27-19-23)16-25(31)28-10-12-29(13-11-28)26(32)22-7-4-8-24(17-22)33-14-9-20-5-2-1-3-6-20/h4,7-8,15,17-20,30H,1-3,5-6,9-14,16H2. The zero-order valence-electron chi connectivity index (χ0n) is 19.1. The van der Waals surface area contributed by atoms with Crippen LogP contribution in [0.3, 0.4) is 0 Å². The summed E-state index contributed by atoms with van der Waals surface area (Å²) in [5.41, 5.74) is 1.30. The van der Waals surface area contributed by atoms with E-state index in [0.29, 0.717) is 43.9 Å². The molecule has 0 bridgehead atoms. The molecule has 4 rings (SSSR count). The molecule has 7 nitrogen and oxygen atoms in total. The lowest BCUT2D eigenvalue weighted by Gasteiger charge is -2.35. The minimum Gasteiger partial charge on any atom is -0.506 e. The second kappa shape index (κ2) is 11.2. The molecule has 7 heteroatoms. The molecule has 33 heavy (non-hydrogen) atoms. The van der Waals surface area contributed by atoms with Gasteiger partial charge in [0.1, 0.15) is 11.5 Å². The number of aromatic hydroxyl groups is 1. The van der Waals surface area contributed by atoms with E-state index in [9.17, 15) is 14.7 Å². The maximum atomic E-state index is 13.0. The number of nitrogens with zero attached hydrogens (tertiary/aromatic N) is 3. The van der Waals surface area contributed by atoms with E-state index < -0.39 is 0 Å². The number of carbonyl (C=O) groups excluding carboxylic acids is 2. The van der Waals surface area contributed by atoms with E-state index in [4.69, 9.17) is 4.74 Å². The van der Waals surface area contributed by atoms with E-state index in [1.54, 1.807) is 22.1 Å². The number of aromatic nitrogens is 1. The maximum Gasteiger partial charge on any atom is 0.254 e. The Morgan fingerprint density at radius 1 is 1.00 bits per heavy atom. The largest absolute Gasteiger partial charge is 0.506 e. The van der Waals surface area contributed by atoms with Gasteiger partial charge in [0.05, 0.1) is 19.2 Å². The van der Waals surface area contributed by atoms with E-state index in [1.807, 2.05) is 24.3 Å². The monoisotopic (exact) mass is 451 g/mol. The van der Waals surface area contributed by atoms with Crippen molar-refractivity contribution in [3.05, 3.63) is 53.9 Å². The van der Waals surface area contributed by atoms with E-state index >= 15 is 0 Å². The molecule has 0 atom stereocenters. The first-order chi connectivity index (χ1) is 16.1. The van der Waals surface area contributed by atoms with Gasteiger partial charge in [0.2, 0.25) is 5.91 Å². The van der Waals surface area contributed by atoms with Crippen molar-refractivity contribution in [2.75, 3.05) is 32.8 Å². The van der Waals surface area contributed by atoms with Gasteiger partial charge in [-0.2, -0.15) is 0 Å². The van der Waals surface area contributed by atoms with Crippen LogP contribution in [0.4, 0.5) is 0 Å². The summed E-state index contributed by atoms with van der Waals surface area (Å²) in [5.74, 6) is 1.51. The summed E-state index contributed by atoms with van der Waals surface area (Å²) in [6.45, 7) is 2.67. The number of amides is 2. The lowest BCUT2D eigenvalue weighted by atomic mass is 9.87. The molecule has 2 heterocycles. The third kappa shape index (κ3) is 6.46. The van der Waals surface area contributed by atoms with Gasteiger partial charge < -0.3 is 19.6 Å². The average Bonchev–Trinajstić information content (AvgIpc) is 2.84. The first kappa shape index (κ1) is 23.1. The molecule has 2 amide bonds. The van der Waals surface area contributed by atoms with Crippen molar-refractivity contribution >= 4 is 11.8 Å². The molecule has 1 aromatic heterocycles. The van der Waals surface area contributed by atoms with Crippen LogP contribution in [-0.4, -0.2) is 64.5 Å². The van der Waals surface area contributed by atoms with E-state index in [-0.39, 0.29) is 24.0 Å². The fourth-order valence-electron chi connectivity index (χ4n) is 4.74. The Morgan fingerprint density at radius 2 is 1.76 bits per heavy atom. The van der Waals surface area contributed by atoms with Crippen LogP contribution >= 0.6 is 0 Å². The predicted octanol–water partition coefficient (Wildman–Crippen LogP) is 3.66. The van der Waals surface area contributed by atoms with Crippen LogP contribution in [0.2, 0.25) is 0 Å². The van der Waals surface area contributed by atoms with Gasteiger partial charge in [-0.1, -0.05) is 38.2 Å². The van der Waals surface area contributed by atoms with Crippen LogP contribution in [0.15, 0.2) is 42.7 Å². The minimum atomic E-state index is -0.0305. The SMILES string of the molecule is O=C(Cc1cncc(O)c1)N1CCN(C(=O)c2cccc(OCCC3CCCCC3)c2)CC1. The number of ether oxygens (including phenoxy) is 1. The fourth-order valence-corrected chi connectivity index (χ4v) is 4.74. The first-order valence-electron chi connectivity index (χ1n) is 12.0. The van der Waals surface area contributed by atoms with Crippen molar-refractivity contribution in [2.24, 2.45) is 5.92 Å². The number of carbonyl (C=O) groups is 2. The lowest BCUT2D eigenvalue weighted by molar-refractivity contribution is -0.131. The van der Waals surface area contributed by atoms with Crippen LogP contribution in [0.5, 0.6) is 11.5 Å². The molecule has 0 radical (unpaired) electrons. The van der Waals surface area contributed by atoms with Crippen molar-refractivity contribution < 1.29 is 19.4 Å². The van der Waals surface area contributed by atoms with Gasteiger partial charge in [-0.3, -0.25) is 14.6 Å². The molecule has 176 valence electrons. The highest BCUT2D eigenvalue weighted by atomic mass is 16.5. The molecule has 0 unspecified atom stereocenters. The smallest absolute Gasteiger partial charge is 0.254 e.